The number of hydrogen-bond acceptors (Lipinski definition) is 3. The van der Waals surface area contributed by atoms with E-state index in [1.54, 1.807) is 0 Å². The van der Waals surface area contributed by atoms with Gasteiger partial charge in [-0.05, 0) is 73.4 Å². The molecule has 3 nitrogen and oxygen atoms in total. The van der Waals surface area contributed by atoms with E-state index >= 15 is 0 Å². The van der Waals surface area contributed by atoms with Crippen molar-refractivity contribution in [3.63, 3.8) is 0 Å². The van der Waals surface area contributed by atoms with Crippen LogP contribution in [0.25, 0.3) is 0 Å². The molecule has 0 aromatic heterocycles. The molecule has 1 aliphatic carbocycles. The minimum atomic E-state index is -0.269. The van der Waals surface area contributed by atoms with Crippen LogP contribution >= 0.6 is 0 Å². The summed E-state index contributed by atoms with van der Waals surface area (Å²) >= 11 is 0. The maximum atomic E-state index is 5.87. The zero-order valence-electron chi connectivity index (χ0n) is 18.9. The van der Waals surface area contributed by atoms with Crippen LogP contribution in [0.2, 0.25) is 0 Å². The third kappa shape index (κ3) is 7.05. The zero-order valence-corrected chi connectivity index (χ0v) is 18.9. The Kier molecular flexibility index (Phi) is 9.07. The van der Waals surface area contributed by atoms with Crippen molar-refractivity contribution in [2.75, 3.05) is 13.2 Å². The molecule has 0 amide bonds. The molecule has 0 aliphatic heterocycles. The van der Waals surface area contributed by atoms with Gasteiger partial charge in [0.25, 0.3) is 0 Å². The fourth-order valence-electron chi connectivity index (χ4n) is 4.11. The Morgan fingerprint density at radius 2 is 1.50 bits per heavy atom. The molecule has 0 N–H and O–H groups in total. The van der Waals surface area contributed by atoms with E-state index in [0.29, 0.717) is 19.1 Å². The Morgan fingerprint density at radius 3 is 2.17 bits per heavy atom. The van der Waals surface area contributed by atoms with Gasteiger partial charge in [0.1, 0.15) is 11.5 Å². The van der Waals surface area contributed by atoms with Crippen LogP contribution in [0.5, 0.6) is 11.5 Å². The van der Waals surface area contributed by atoms with Gasteiger partial charge in [-0.1, -0.05) is 57.4 Å². The van der Waals surface area contributed by atoms with Crippen LogP contribution in [0.4, 0.5) is 0 Å². The molecule has 1 fully saturated rings. The first-order valence-corrected chi connectivity index (χ1v) is 11.8. The summed E-state index contributed by atoms with van der Waals surface area (Å²) in [6, 6.07) is 17.0. The van der Waals surface area contributed by atoms with Gasteiger partial charge in [-0.25, -0.2) is 0 Å². The molecule has 30 heavy (non-hydrogen) atoms. The van der Waals surface area contributed by atoms with Gasteiger partial charge in [0.05, 0.1) is 13.2 Å². The molecule has 0 spiro atoms. The molecule has 3 heteroatoms. The zero-order chi connectivity index (χ0) is 21.2. The molecule has 0 heterocycles. The molecular formula is C27H38O3. The number of rotatable bonds is 11. The van der Waals surface area contributed by atoms with E-state index in [4.69, 9.17) is 14.2 Å². The second kappa shape index (κ2) is 12.0. The Morgan fingerprint density at radius 1 is 0.833 bits per heavy atom. The highest BCUT2D eigenvalue weighted by Gasteiger charge is 2.15. The Hall–Kier alpha value is -2.00. The Bertz CT molecular complexity index is 717. The van der Waals surface area contributed by atoms with Crippen molar-refractivity contribution < 1.29 is 14.2 Å². The number of hydrogen-bond donors (Lipinski definition) is 0. The molecule has 1 aliphatic rings. The predicted molar refractivity (Wildman–Crippen MR) is 124 cm³/mol. The summed E-state index contributed by atoms with van der Waals surface area (Å²) in [5.41, 5.74) is 2.82. The molecule has 2 aromatic carbocycles. The summed E-state index contributed by atoms with van der Waals surface area (Å²) in [7, 11) is 0. The van der Waals surface area contributed by atoms with Crippen molar-refractivity contribution in [3.05, 3.63) is 59.7 Å². The molecule has 2 aromatic rings. The molecule has 0 bridgehead atoms. The molecule has 3 rings (SSSR count). The van der Waals surface area contributed by atoms with E-state index < -0.39 is 0 Å². The van der Waals surface area contributed by atoms with Crippen LogP contribution in [0.15, 0.2) is 48.5 Å². The van der Waals surface area contributed by atoms with Crippen molar-refractivity contribution in [2.24, 2.45) is 0 Å². The third-order valence-corrected chi connectivity index (χ3v) is 6.23. The van der Waals surface area contributed by atoms with Gasteiger partial charge in [0.15, 0.2) is 6.29 Å². The minimum Gasteiger partial charge on any atom is -0.494 e. The second-order valence-electron chi connectivity index (χ2n) is 8.54. The van der Waals surface area contributed by atoms with Crippen LogP contribution < -0.4 is 9.47 Å². The van der Waals surface area contributed by atoms with Gasteiger partial charge in [-0.3, -0.25) is 0 Å². The highest BCUT2D eigenvalue weighted by molar-refractivity contribution is 5.30. The molecule has 1 saturated carbocycles. The highest BCUT2D eigenvalue weighted by atomic mass is 16.7. The number of ether oxygens (including phenoxy) is 3. The Balaban J connectivity index is 1.31. The quantitative estimate of drug-likeness (QED) is 0.284. The van der Waals surface area contributed by atoms with Gasteiger partial charge in [0.2, 0.25) is 0 Å². The topological polar surface area (TPSA) is 27.7 Å². The first-order chi connectivity index (χ1) is 14.7. The van der Waals surface area contributed by atoms with Crippen molar-refractivity contribution in [2.45, 2.75) is 83.8 Å². The molecule has 2 atom stereocenters. The van der Waals surface area contributed by atoms with E-state index in [2.05, 4.69) is 50.2 Å². The first-order valence-electron chi connectivity index (χ1n) is 11.8. The SMILES string of the molecule is CCC(C)c1ccc(OC(C)OCCCOc2ccc(C3CCCCC3)cc2)cc1. The molecule has 0 radical (unpaired) electrons. The van der Waals surface area contributed by atoms with Crippen LogP contribution in [0, 0.1) is 0 Å². The normalized spacial score (nSPS) is 16.8. The average molecular weight is 411 g/mol. The van der Waals surface area contributed by atoms with Crippen molar-refractivity contribution >= 4 is 0 Å². The summed E-state index contributed by atoms with van der Waals surface area (Å²) < 4.78 is 17.5. The predicted octanol–water partition coefficient (Wildman–Crippen LogP) is 7.46. The van der Waals surface area contributed by atoms with Crippen LogP contribution in [-0.2, 0) is 4.74 Å². The van der Waals surface area contributed by atoms with E-state index in [0.717, 1.165) is 30.3 Å². The largest absolute Gasteiger partial charge is 0.494 e. The van der Waals surface area contributed by atoms with E-state index in [9.17, 15) is 0 Å². The van der Waals surface area contributed by atoms with Gasteiger partial charge in [-0.15, -0.1) is 0 Å². The lowest BCUT2D eigenvalue weighted by atomic mass is 9.84. The summed E-state index contributed by atoms with van der Waals surface area (Å²) in [5, 5.41) is 0. The van der Waals surface area contributed by atoms with E-state index in [-0.39, 0.29) is 6.29 Å². The minimum absolute atomic E-state index is 0.269. The fraction of sp³-hybridized carbons (Fsp3) is 0.556. The van der Waals surface area contributed by atoms with Crippen molar-refractivity contribution in [1.82, 2.24) is 0 Å². The Labute approximate surface area is 182 Å². The van der Waals surface area contributed by atoms with Gasteiger partial charge < -0.3 is 14.2 Å². The van der Waals surface area contributed by atoms with Crippen molar-refractivity contribution in [3.8, 4) is 11.5 Å². The standard InChI is InChI=1S/C27H38O3/c1-4-21(2)23-11-17-27(18-12-23)30-22(3)28-19-8-20-29-26-15-13-25(14-16-26)24-9-6-5-7-10-24/h11-18,21-22,24H,4-10,19-20H2,1-3H3. The monoisotopic (exact) mass is 410 g/mol. The lowest BCUT2D eigenvalue weighted by molar-refractivity contribution is -0.0691. The van der Waals surface area contributed by atoms with Crippen LogP contribution in [0.3, 0.4) is 0 Å². The highest BCUT2D eigenvalue weighted by Crippen LogP contribution is 2.33. The van der Waals surface area contributed by atoms with Gasteiger partial charge >= 0.3 is 0 Å². The van der Waals surface area contributed by atoms with Gasteiger partial charge in [0, 0.05) is 6.42 Å². The van der Waals surface area contributed by atoms with Gasteiger partial charge in [-0.2, -0.15) is 0 Å². The first kappa shape index (κ1) is 22.7. The van der Waals surface area contributed by atoms with Crippen LogP contribution in [-0.4, -0.2) is 19.5 Å². The van der Waals surface area contributed by atoms with E-state index in [1.807, 2.05) is 19.1 Å². The van der Waals surface area contributed by atoms with Crippen LogP contribution in [0.1, 0.15) is 88.7 Å². The van der Waals surface area contributed by atoms with E-state index in [1.165, 1.54) is 43.2 Å². The molecule has 2 unspecified atom stereocenters. The lowest BCUT2D eigenvalue weighted by Crippen LogP contribution is -2.18. The molecule has 0 saturated heterocycles. The summed E-state index contributed by atoms with van der Waals surface area (Å²) in [6.45, 7) is 7.66. The third-order valence-electron chi connectivity index (χ3n) is 6.23. The molecule has 164 valence electrons. The summed E-state index contributed by atoms with van der Waals surface area (Å²) in [6.07, 6.45) is 8.52. The second-order valence-corrected chi connectivity index (χ2v) is 8.54. The lowest BCUT2D eigenvalue weighted by Gasteiger charge is -2.22. The maximum absolute atomic E-state index is 5.87. The average Bonchev–Trinajstić information content (AvgIpc) is 2.80. The molecular weight excluding hydrogens is 372 g/mol. The smallest absolute Gasteiger partial charge is 0.196 e. The van der Waals surface area contributed by atoms with Crippen molar-refractivity contribution in [1.29, 1.82) is 0 Å². The maximum Gasteiger partial charge on any atom is 0.196 e. The summed E-state index contributed by atoms with van der Waals surface area (Å²) in [5.74, 6) is 3.12. The number of benzene rings is 2. The summed E-state index contributed by atoms with van der Waals surface area (Å²) in [4.78, 5) is 0. The fourth-order valence-corrected chi connectivity index (χ4v) is 4.11.